The Morgan fingerprint density at radius 2 is 1.55 bits per heavy atom. The number of benzene rings is 1. The van der Waals surface area contributed by atoms with Crippen LogP contribution < -0.4 is 5.73 Å². The van der Waals surface area contributed by atoms with Gasteiger partial charge in [0.25, 0.3) is 0 Å². The summed E-state index contributed by atoms with van der Waals surface area (Å²) >= 11 is 0. The minimum Gasteiger partial charge on any atom is -0.478 e. The van der Waals surface area contributed by atoms with Crippen LogP contribution in [0.2, 0.25) is 0 Å². The largest absolute Gasteiger partial charge is 0.478 e. The number of hydrogen-bond acceptors (Lipinski definition) is 4. The van der Waals surface area contributed by atoms with Crippen molar-refractivity contribution in [3.63, 3.8) is 0 Å². The Balaban J connectivity index is 1.32. The first kappa shape index (κ1) is 31.4. The van der Waals surface area contributed by atoms with Crippen molar-refractivity contribution in [1.29, 1.82) is 0 Å². The van der Waals surface area contributed by atoms with Gasteiger partial charge in [-0.05, 0) is 116 Å². The molecule has 0 unspecified atom stereocenters. The van der Waals surface area contributed by atoms with Crippen LogP contribution in [0.15, 0.2) is 35.9 Å². The fraction of sp³-hybridized carbons (Fsp3) is 0.711. The van der Waals surface area contributed by atoms with E-state index in [0.29, 0.717) is 23.7 Å². The maximum Gasteiger partial charge on any atom is 0.339 e. The standard InChI is InChI=1S/C38H53NO5/c1-22-14-19-38(33(39)43)21-20-36(6)26(30(38)23(22)2)12-13-28-35(5)17-16-29(34(3,4)27(35)15-18-37(28,36)7)44-32(42)25-11-9-8-10-24(25)31(40)41/h8-12,22-23,27-30H,13-21H2,1-7H3,(H2,39,43)(H,40,41)/t22-,23+,27+,28-,29+,30+,35+,36-,37-,38+/m1/s1. The van der Waals surface area contributed by atoms with E-state index >= 15 is 0 Å². The molecule has 5 aliphatic carbocycles. The lowest BCUT2D eigenvalue weighted by Crippen LogP contribution is -2.66. The summed E-state index contributed by atoms with van der Waals surface area (Å²) in [5.41, 5.74) is 7.43. The topological polar surface area (TPSA) is 107 Å². The van der Waals surface area contributed by atoms with E-state index in [1.807, 2.05) is 0 Å². The molecule has 0 bridgehead atoms. The molecule has 44 heavy (non-hydrogen) atoms. The Morgan fingerprint density at radius 1 is 0.864 bits per heavy atom. The summed E-state index contributed by atoms with van der Waals surface area (Å²) in [7, 11) is 0. The summed E-state index contributed by atoms with van der Waals surface area (Å²) in [5, 5.41) is 9.65. The Hall–Kier alpha value is -2.63. The van der Waals surface area contributed by atoms with Crippen LogP contribution >= 0.6 is 0 Å². The number of fused-ring (bicyclic) bond motifs is 7. The van der Waals surface area contributed by atoms with Crippen LogP contribution in [0, 0.1) is 56.7 Å². The second kappa shape index (κ2) is 10.2. The minimum absolute atomic E-state index is 0.0167. The Kier molecular flexibility index (Phi) is 7.26. The molecule has 3 N–H and O–H groups in total. The maximum absolute atomic E-state index is 13.4. The molecule has 0 spiro atoms. The van der Waals surface area contributed by atoms with Crippen molar-refractivity contribution in [3.8, 4) is 0 Å². The van der Waals surface area contributed by atoms with Gasteiger partial charge >= 0.3 is 11.9 Å². The molecule has 10 atom stereocenters. The average Bonchev–Trinajstić information content (AvgIpc) is 2.96. The fourth-order valence-corrected chi connectivity index (χ4v) is 12.1. The number of carbonyl (C=O) groups is 3. The van der Waals surface area contributed by atoms with Crippen molar-refractivity contribution < 1.29 is 24.2 Å². The Morgan fingerprint density at radius 3 is 2.20 bits per heavy atom. The summed E-state index contributed by atoms with van der Waals surface area (Å²) in [4.78, 5) is 38.3. The Bertz CT molecular complexity index is 1410. The van der Waals surface area contributed by atoms with Crippen molar-refractivity contribution in [2.24, 2.45) is 62.4 Å². The summed E-state index contributed by atoms with van der Waals surface area (Å²) in [6.45, 7) is 16.8. The third-order valence-corrected chi connectivity index (χ3v) is 15.0. The van der Waals surface area contributed by atoms with Crippen LogP contribution in [0.3, 0.4) is 0 Å². The number of hydrogen-bond donors (Lipinski definition) is 2. The van der Waals surface area contributed by atoms with Crippen molar-refractivity contribution in [2.75, 3.05) is 0 Å². The van der Waals surface area contributed by atoms with Gasteiger partial charge in [-0.3, -0.25) is 4.79 Å². The van der Waals surface area contributed by atoms with E-state index in [9.17, 15) is 19.5 Å². The van der Waals surface area contributed by atoms with Gasteiger partial charge in [-0.1, -0.05) is 72.2 Å². The van der Waals surface area contributed by atoms with Crippen LogP contribution in [0.5, 0.6) is 0 Å². The zero-order chi connectivity index (χ0) is 32.0. The molecule has 0 aromatic heterocycles. The van der Waals surface area contributed by atoms with Crippen LogP contribution in [-0.4, -0.2) is 29.1 Å². The van der Waals surface area contributed by atoms with Crippen LogP contribution in [0.1, 0.15) is 127 Å². The van der Waals surface area contributed by atoms with E-state index in [0.717, 1.165) is 57.8 Å². The number of nitrogens with two attached hydrogens (primary N) is 1. The third-order valence-electron chi connectivity index (χ3n) is 15.0. The number of carboxylic acids is 1. The molecule has 5 aliphatic rings. The molecule has 1 aromatic rings. The molecule has 6 rings (SSSR count). The normalized spacial score (nSPS) is 44.1. The van der Waals surface area contributed by atoms with E-state index in [1.54, 1.807) is 18.2 Å². The van der Waals surface area contributed by atoms with E-state index in [4.69, 9.17) is 10.5 Å². The first-order valence-corrected chi connectivity index (χ1v) is 17.1. The van der Waals surface area contributed by atoms with Gasteiger partial charge in [-0.2, -0.15) is 0 Å². The second-order valence-corrected chi connectivity index (χ2v) is 16.8. The summed E-state index contributed by atoms with van der Waals surface area (Å²) in [6, 6.07) is 6.33. The van der Waals surface area contributed by atoms with Crippen LogP contribution in [0.25, 0.3) is 0 Å². The first-order chi connectivity index (χ1) is 20.5. The molecule has 0 radical (unpaired) electrons. The van der Waals surface area contributed by atoms with Gasteiger partial charge in [0, 0.05) is 5.41 Å². The smallest absolute Gasteiger partial charge is 0.339 e. The first-order valence-electron chi connectivity index (χ1n) is 17.1. The van der Waals surface area contributed by atoms with Crippen molar-refractivity contribution in [2.45, 2.75) is 112 Å². The highest BCUT2D eigenvalue weighted by atomic mass is 16.5. The number of ether oxygens (including phenoxy) is 1. The molecule has 4 saturated carbocycles. The lowest BCUT2D eigenvalue weighted by molar-refractivity contribution is -0.204. The van der Waals surface area contributed by atoms with Gasteiger partial charge in [0.1, 0.15) is 6.10 Å². The monoisotopic (exact) mass is 603 g/mol. The van der Waals surface area contributed by atoms with Crippen LogP contribution in [0.4, 0.5) is 0 Å². The summed E-state index contributed by atoms with van der Waals surface area (Å²) in [6.07, 6.45) is 11.1. The molecule has 4 fully saturated rings. The molecule has 0 heterocycles. The van der Waals surface area contributed by atoms with Crippen LogP contribution in [-0.2, 0) is 9.53 Å². The average molecular weight is 604 g/mol. The third kappa shape index (κ3) is 4.07. The lowest BCUT2D eigenvalue weighted by Gasteiger charge is -2.71. The van der Waals surface area contributed by atoms with E-state index < -0.39 is 17.4 Å². The minimum atomic E-state index is -1.12. The molecule has 1 aromatic carbocycles. The number of esters is 1. The molecule has 0 aliphatic heterocycles. The quantitative estimate of drug-likeness (QED) is 0.267. The van der Waals surface area contributed by atoms with E-state index in [2.05, 4.69) is 54.5 Å². The van der Waals surface area contributed by atoms with Crippen molar-refractivity contribution in [3.05, 3.63) is 47.0 Å². The SMILES string of the molecule is C[C@H]1[C@H](C)CC[C@]2(C(N)=O)CC[C@]3(C)C(=CC[C@@H]4[C@@]5(C)CC[C@H](OC(=O)c6ccccc6C(=O)O)C(C)(C)[C@@H]5CC[C@]43C)[C@H]12. The predicted molar refractivity (Wildman–Crippen MR) is 171 cm³/mol. The molecular formula is C38H53NO5. The Labute approximate surface area is 263 Å². The van der Waals surface area contributed by atoms with Gasteiger partial charge < -0.3 is 15.6 Å². The molecular weight excluding hydrogens is 550 g/mol. The summed E-state index contributed by atoms with van der Waals surface area (Å²) < 4.78 is 6.20. The van der Waals surface area contributed by atoms with Gasteiger partial charge in [0.05, 0.1) is 16.5 Å². The maximum atomic E-state index is 13.4. The number of aromatic carboxylic acids is 1. The number of allylic oxidation sites excluding steroid dienone is 2. The van der Waals surface area contributed by atoms with Gasteiger partial charge in [0.2, 0.25) is 5.91 Å². The van der Waals surface area contributed by atoms with Gasteiger partial charge in [0.15, 0.2) is 0 Å². The molecule has 240 valence electrons. The van der Waals surface area contributed by atoms with E-state index in [-0.39, 0.29) is 50.7 Å². The lowest BCUT2D eigenvalue weighted by atomic mass is 9.33. The highest BCUT2D eigenvalue weighted by Gasteiger charge is 2.69. The molecule has 1 amide bonds. The number of carboxylic acid groups (broad SMARTS) is 1. The highest BCUT2D eigenvalue weighted by Crippen LogP contribution is 2.75. The predicted octanol–water partition coefficient (Wildman–Crippen LogP) is 8.05. The zero-order valence-corrected chi connectivity index (χ0v) is 27.9. The number of rotatable bonds is 4. The van der Waals surface area contributed by atoms with Crippen molar-refractivity contribution in [1.82, 2.24) is 0 Å². The van der Waals surface area contributed by atoms with Gasteiger partial charge in [-0.15, -0.1) is 0 Å². The number of amides is 1. The van der Waals surface area contributed by atoms with Crippen molar-refractivity contribution >= 4 is 17.8 Å². The number of carbonyl (C=O) groups excluding carboxylic acids is 2. The number of primary amides is 1. The zero-order valence-electron chi connectivity index (χ0n) is 27.9. The molecule has 6 nitrogen and oxygen atoms in total. The fourth-order valence-electron chi connectivity index (χ4n) is 12.1. The summed E-state index contributed by atoms with van der Waals surface area (Å²) in [5.74, 6) is 0.349. The van der Waals surface area contributed by atoms with E-state index in [1.165, 1.54) is 11.6 Å². The highest BCUT2D eigenvalue weighted by molar-refractivity contribution is 6.02. The molecule has 6 heteroatoms. The molecule has 0 saturated heterocycles. The van der Waals surface area contributed by atoms with Gasteiger partial charge in [-0.25, -0.2) is 9.59 Å². The second-order valence-electron chi connectivity index (χ2n) is 16.8.